The molecule has 0 radical (unpaired) electrons. The summed E-state index contributed by atoms with van der Waals surface area (Å²) in [5, 5.41) is 2.90. The number of cyclic esters (lactones) is 1. The second-order valence-electron chi connectivity index (χ2n) is 5.01. The SMILES string of the molecule is N[C@@H]1CC=CCCC(=O)N[C@H](c2ccccc2)COC1=O. The molecule has 5 heteroatoms. The van der Waals surface area contributed by atoms with Crippen LogP contribution in [0.3, 0.4) is 0 Å². The highest BCUT2D eigenvalue weighted by Crippen LogP contribution is 2.14. The van der Waals surface area contributed by atoms with Crippen molar-refractivity contribution in [3.8, 4) is 0 Å². The summed E-state index contributed by atoms with van der Waals surface area (Å²) < 4.78 is 5.23. The lowest BCUT2D eigenvalue weighted by atomic mass is 10.1. The lowest BCUT2D eigenvalue weighted by Crippen LogP contribution is -2.36. The number of hydrogen-bond donors (Lipinski definition) is 2. The van der Waals surface area contributed by atoms with Gasteiger partial charge in [-0.25, -0.2) is 0 Å². The summed E-state index contributed by atoms with van der Waals surface area (Å²) in [6.07, 6.45) is 5.15. The molecule has 1 aromatic carbocycles. The molecule has 112 valence electrons. The van der Waals surface area contributed by atoms with E-state index in [2.05, 4.69) is 5.32 Å². The molecule has 0 fully saturated rings. The van der Waals surface area contributed by atoms with E-state index in [1.807, 2.05) is 42.5 Å². The van der Waals surface area contributed by atoms with Gasteiger partial charge in [0.15, 0.2) is 0 Å². The number of amides is 1. The molecule has 1 aliphatic heterocycles. The van der Waals surface area contributed by atoms with Crippen molar-refractivity contribution in [2.75, 3.05) is 6.61 Å². The minimum Gasteiger partial charge on any atom is -0.462 e. The Balaban J connectivity index is 2.13. The fourth-order valence-electron chi connectivity index (χ4n) is 2.12. The number of hydrogen-bond acceptors (Lipinski definition) is 4. The molecule has 1 aliphatic rings. The Kier molecular flexibility index (Phi) is 5.51. The Morgan fingerprint density at radius 2 is 1.90 bits per heavy atom. The smallest absolute Gasteiger partial charge is 0.323 e. The first-order chi connectivity index (χ1) is 10.2. The zero-order chi connectivity index (χ0) is 15.1. The highest BCUT2D eigenvalue weighted by atomic mass is 16.5. The van der Waals surface area contributed by atoms with Crippen LogP contribution in [0.5, 0.6) is 0 Å². The molecule has 0 saturated carbocycles. The lowest BCUT2D eigenvalue weighted by molar-refractivity contribution is -0.146. The third-order valence-electron chi connectivity index (χ3n) is 3.33. The van der Waals surface area contributed by atoms with Crippen molar-refractivity contribution in [1.29, 1.82) is 0 Å². The minimum atomic E-state index is -0.659. The molecule has 0 bridgehead atoms. The van der Waals surface area contributed by atoms with Crippen LogP contribution < -0.4 is 11.1 Å². The minimum absolute atomic E-state index is 0.0607. The summed E-state index contributed by atoms with van der Waals surface area (Å²) in [4.78, 5) is 23.7. The number of carbonyl (C=O) groups is 2. The number of allylic oxidation sites excluding steroid dienone is 1. The molecule has 2 rings (SSSR count). The van der Waals surface area contributed by atoms with Crippen molar-refractivity contribution >= 4 is 11.9 Å². The summed E-state index contributed by atoms with van der Waals surface area (Å²) in [6.45, 7) is 0.0893. The van der Waals surface area contributed by atoms with Crippen LogP contribution in [0.25, 0.3) is 0 Å². The van der Waals surface area contributed by atoms with E-state index in [1.165, 1.54) is 0 Å². The molecule has 5 nitrogen and oxygen atoms in total. The number of carbonyl (C=O) groups excluding carboxylic acids is 2. The molecular weight excluding hydrogens is 268 g/mol. The maximum atomic E-state index is 11.9. The molecular formula is C16H20N2O3. The van der Waals surface area contributed by atoms with Gasteiger partial charge in [0, 0.05) is 6.42 Å². The van der Waals surface area contributed by atoms with E-state index in [4.69, 9.17) is 10.5 Å². The second-order valence-corrected chi connectivity index (χ2v) is 5.01. The van der Waals surface area contributed by atoms with E-state index >= 15 is 0 Å². The molecule has 0 spiro atoms. The van der Waals surface area contributed by atoms with Crippen molar-refractivity contribution in [3.63, 3.8) is 0 Å². The average molecular weight is 288 g/mol. The van der Waals surface area contributed by atoms with Crippen LogP contribution in [-0.2, 0) is 14.3 Å². The van der Waals surface area contributed by atoms with Gasteiger partial charge in [-0.1, -0.05) is 42.5 Å². The third kappa shape index (κ3) is 4.72. The van der Waals surface area contributed by atoms with Gasteiger partial charge in [0.05, 0.1) is 6.04 Å². The monoisotopic (exact) mass is 288 g/mol. The van der Waals surface area contributed by atoms with Gasteiger partial charge in [0.25, 0.3) is 0 Å². The Morgan fingerprint density at radius 3 is 2.67 bits per heavy atom. The Bertz CT molecular complexity index is 514. The van der Waals surface area contributed by atoms with Gasteiger partial charge in [-0.2, -0.15) is 0 Å². The van der Waals surface area contributed by atoms with Gasteiger partial charge >= 0.3 is 5.97 Å². The molecule has 21 heavy (non-hydrogen) atoms. The van der Waals surface area contributed by atoms with E-state index in [1.54, 1.807) is 0 Å². The van der Waals surface area contributed by atoms with Crippen LogP contribution in [0, 0.1) is 0 Å². The Labute approximate surface area is 124 Å². The standard InChI is InChI=1S/C16H20N2O3/c17-13-9-5-2-6-10-15(19)18-14(11-21-16(13)20)12-7-3-1-4-8-12/h1-5,7-8,13-14H,6,9-11,17H2,(H,18,19)/t13-,14+/m1/s1. The molecule has 1 heterocycles. The average Bonchev–Trinajstić information content (AvgIpc) is 2.50. The predicted octanol–water partition coefficient (Wildman–Crippen LogP) is 1.45. The molecule has 3 N–H and O–H groups in total. The number of nitrogens with one attached hydrogen (secondary N) is 1. The number of rotatable bonds is 1. The summed E-state index contributed by atoms with van der Waals surface area (Å²) in [5.41, 5.74) is 6.66. The summed E-state index contributed by atoms with van der Waals surface area (Å²) in [7, 11) is 0. The van der Waals surface area contributed by atoms with Crippen molar-refractivity contribution in [2.45, 2.75) is 31.3 Å². The van der Waals surface area contributed by atoms with Gasteiger partial charge in [-0.3, -0.25) is 9.59 Å². The van der Waals surface area contributed by atoms with Gasteiger partial charge in [0.2, 0.25) is 5.91 Å². The summed E-state index contributed by atoms with van der Waals surface area (Å²) >= 11 is 0. The molecule has 0 saturated heterocycles. The van der Waals surface area contributed by atoms with E-state index in [-0.39, 0.29) is 18.6 Å². The largest absolute Gasteiger partial charge is 0.462 e. The molecule has 0 aromatic heterocycles. The van der Waals surface area contributed by atoms with Crippen LogP contribution in [0.4, 0.5) is 0 Å². The fourth-order valence-corrected chi connectivity index (χ4v) is 2.12. The molecule has 1 amide bonds. The molecule has 0 unspecified atom stereocenters. The lowest BCUT2D eigenvalue weighted by Gasteiger charge is -2.20. The molecule has 2 atom stereocenters. The highest BCUT2D eigenvalue weighted by molar-refractivity contribution is 5.77. The zero-order valence-corrected chi connectivity index (χ0v) is 11.8. The van der Waals surface area contributed by atoms with E-state index in [0.29, 0.717) is 19.3 Å². The van der Waals surface area contributed by atoms with Crippen LogP contribution >= 0.6 is 0 Å². The third-order valence-corrected chi connectivity index (χ3v) is 3.33. The number of ether oxygens (including phenoxy) is 1. The molecule has 0 aliphatic carbocycles. The fraction of sp³-hybridized carbons (Fsp3) is 0.375. The number of benzene rings is 1. The highest BCUT2D eigenvalue weighted by Gasteiger charge is 2.20. The van der Waals surface area contributed by atoms with Crippen molar-refractivity contribution in [2.24, 2.45) is 5.73 Å². The maximum Gasteiger partial charge on any atom is 0.323 e. The maximum absolute atomic E-state index is 11.9. The van der Waals surface area contributed by atoms with Gasteiger partial charge in [-0.15, -0.1) is 0 Å². The first-order valence-corrected chi connectivity index (χ1v) is 7.08. The predicted molar refractivity (Wildman–Crippen MR) is 79.3 cm³/mol. The van der Waals surface area contributed by atoms with Crippen molar-refractivity contribution in [1.82, 2.24) is 5.32 Å². The Hall–Kier alpha value is -2.14. The summed E-state index contributed by atoms with van der Waals surface area (Å²) in [5.74, 6) is -0.509. The van der Waals surface area contributed by atoms with Gasteiger partial charge < -0.3 is 15.8 Å². The van der Waals surface area contributed by atoms with Crippen molar-refractivity contribution < 1.29 is 14.3 Å². The second kappa shape index (κ2) is 7.59. The topological polar surface area (TPSA) is 81.4 Å². The number of nitrogens with two attached hydrogens (primary N) is 1. The van der Waals surface area contributed by atoms with Crippen LogP contribution in [0.2, 0.25) is 0 Å². The quantitative estimate of drug-likeness (QED) is 0.605. The van der Waals surface area contributed by atoms with Crippen LogP contribution in [-0.4, -0.2) is 24.5 Å². The Morgan fingerprint density at radius 1 is 1.14 bits per heavy atom. The first-order valence-electron chi connectivity index (χ1n) is 7.08. The van der Waals surface area contributed by atoms with Crippen molar-refractivity contribution in [3.05, 3.63) is 48.0 Å². The van der Waals surface area contributed by atoms with Gasteiger partial charge in [-0.05, 0) is 18.4 Å². The first kappa shape index (κ1) is 15.3. The normalized spacial score (nSPS) is 24.4. The van der Waals surface area contributed by atoms with Crippen LogP contribution in [0.15, 0.2) is 42.5 Å². The summed E-state index contributed by atoms with van der Waals surface area (Å²) in [6, 6.07) is 8.44. The van der Waals surface area contributed by atoms with Gasteiger partial charge in [0.1, 0.15) is 12.6 Å². The van der Waals surface area contributed by atoms with E-state index in [0.717, 1.165) is 5.56 Å². The van der Waals surface area contributed by atoms with E-state index in [9.17, 15) is 9.59 Å². The number of esters is 1. The van der Waals surface area contributed by atoms with E-state index < -0.39 is 12.0 Å². The molecule has 1 aromatic rings. The zero-order valence-electron chi connectivity index (χ0n) is 11.8. The van der Waals surface area contributed by atoms with Crippen LogP contribution in [0.1, 0.15) is 30.9 Å².